The Labute approximate surface area is 206 Å². The Hall–Kier alpha value is -3.97. The molecule has 0 saturated heterocycles. The topological polar surface area (TPSA) is 74.2 Å². The number of nitrogens with one attached hydrogen (secondary N) is 1. The molecular formula is C28H30N4O3. The number of ether oxygens (including phenoxy) is 1. The SMILES string of the molecule is CCN(CC)CCOC(=O)c1ccc(N2Cc3ccccc3C2=NC(=O)Nc2ccccc2)cc1. The maximum absolute atomic E-state index is 12.7. The maximum Gasteiger partial charge on any atom is 0.347 e. The fourth-order valence-electron chi connectivity index (χ4n) is 4.04. The van der Waals surface area contributed by atoms with E-state index in [1.807, 2.05) is 71.6 Å². The number of anilines is 2. The molecule has 0 atom stereocenters. The van der Waals surface area contributed by atoms with Gasteiger partial charge in [0.05, 0.1) is 12.1 Å². The van der Waals surface area contributed by atoms with E-state index in [0.717, 1.165) is 29.9 Å². The van der Waals surface area contributed by atoms with Gasteiger partial charge >= 0.3 is 12.0 Å². The number of rotatable bonds is 8. The molecule has 3 aromatic rings. The highest BCUT2D eigenvalue weighted by molar-refractivity contribution is 6.18. The minimum atomic E-state index is -0.443. The van der Waals surface area contributed by atoms with Crippen molar-refractivity contribution in [2.45, 2.75) is 20.4 Å². The van der Waals surface area contributed by atoms with Gasteiger partial charge in [-0.05, 0) is 55.1 Å². The number of hydrogen-bond acceptors (Lipinski definition) is 4. The van der Waals surface area contributed by atoms with Crippen molar-refractivity contribution in [3.05, 3.63) is 95.6 Å². The van der Waals surface area contributed by atoms with Crippen molar-refractivity contribution in [3.8, 4) is 0 Å². The number of aliphatic imine (C=N–C) groups is 1. The van der Waals surface area contributed by atoms with E-state index >= 15 is 0 Å². The number of carbonyl (C=O) groups is 2. The number of nitrogens with zero attached hydrogens (tertiary/aromatic N) is 3. The van der Waals surface area contributed by atoms with Crippen molar-refractivity contribution in [3.63, 3.8) is 0 Å². The molecule has 7 nitrogen and oxygen atoms in total. The van der Waals surface area contributed by atoms with E-state index in [2.05, 4.69) is 29.1 Å². The zero-order chi connectivity index (χ0) is 24.6. The number of amidine groups is 1. The van der Waals surface area contributed by atoms with Crippen LogP contribution in [0.3, 0.4) is 0 Å². The van der Waals surface area contributed by atoms with Gasteiger partial charge in [-0.15, -0.1) is 0 Å². The molecule has 1 heterocycles. The fourth-order valence-corrected chi connectivity index (χ4v) is 4.04. The molecule has 0 saturated carbocycles. The van der Waals surface area contributed by atoms with Crippen molar-refractivity contribution in [1.82, 2.24) is 4.90 Å². The number of para-hydroxylation sites is 1. The van der Waals surface area contributed by atoms with E-state index < -0.39 is 6.03 Å². The number of urea groups is 1. The Morgan fingerprint density at radius 3 is 2.34 bits per heavy atom. The second-order valence-corrected chi connectivity index (χ2v) is 8.18. The van der Waals surface area contributed by atoms with Gasteiger partial charge in [0.15, 0.2) is 0 Å². The van der Waals surface area contributed by atoms with Crippen LogP contribution in [0.25, 0.3) is 0 Å². The molecule has 1 aliphatic heterocycles. The van der Waals surface area contributed by atoms with E-state index in [-0.39, 0.29) is 5.97 Å². The average Bonchev–Trinajstić information content (AvgIpc) is 3.25. The number of hydrogen-bond donors (Lipinski definition) is 1. The lowest BCUT2D eigenvalue weighted by molar-refractivity contribution is 0.0466. The quantitative estimate of drug-likeness (QED) is 0.459. The van der Waals surface area contributed by atoms with Crippen LogP contribution in [0.4, 0.5) is 16.2 Å². The lowest BCUT2D eigenvalue weighted by Gasteiger charge is -2.20. The van der Waals surface area contributed by atoms with E-state index in [9.17, 15) is 9.59 Å². The molecule has 3 aromatic carbocycles. The summed E-state index contributed by atoms with van der Waals surface area (Å²) in [6.45, 7) is 7.68. The van der Waals surface area contributed by atoms with Crippen molar-refractivity contribution < 1.29 is 14.3 Å². The van der Waals surface area contributed by atoms with Gasteiger partial charge < -0.3 is 19.9 Å². The lowest BCUT2D eigenvalue weighted by Crippen LogP contribution is -2.28. The minimum absolute atomic E-state index is 0.343. The van der Waals surface area contributed by atoms with Crippen molar-refractivity contribution in [1.29, 1.82) is 0 Å². The second kappa shape index (κ2) is 11.4. The molecule has 7 heteroatoms. The Kier molecular flexibility index (Phi) is 7.90. The summed E-state index contributed by atoms with van der Waals surface area (Å²) >= 11 is 0. The van der Waals surface area contributed by atoms with Gasteiger partial charge in [0, 0.05) is 23.5 Å². The molecule has 0 bridgehead atoms. The molecule has 0 radical (unpaired) electrons. The third-order valence-corrected chi connectivity index (χ3v) is 6.02. The molecule has 0 fully saturated rings. The van der Waals surface area contributed by atoms with Crippen molar-refractivity contribution in [2.24, 2.45) is 4.99 Å². The number of amides is 2. The summed E-state index contributed by atoms with van der Waals surface area (Å²) in [5, 5.41) is 2.81. The van der Waals surface area contributed by atoms with E-state index in [1.54, 1.807) is 12.1 Å². The van der Waals surface area contributed by atoms with Gasteiger partial charge in [0.1, 0.15) is 12.4 Å². The molecule has 35 heavy (non-hydrogen) atoms. The van der Waals surface area contributed by atoms with Gasteiger partial charge in [0.2, 0.25) is 0 Å². The first-order valence-electron chi connectivity index (χ1n) is 11.9. The Morgan fingerprint density at radius 2 is 1.63 bits per heavy atom. The van der Waals surface area contributed by atoms with Crippen LogP contribution >= 0.6 is 0 Å². The molecule has 4 rings (SSSR count). The number of esters is 1. The first kappa shape index (κ1) is 24.2. The molecule has 0 unspecified atom stereocenters. The van der Waals surface area contributed by atoms with Gasteiger partial charge in [-0.2, -0.15) is 4.99 Å². The lowest BCUT2D eigenvalue weighted by atomic mass is 10.1. The zero-order valence-electron chi connectivity index (χ0n) is 20.1. The van der Waals surface area contributed by atoms with Crippen molar-refractivity contribution in [2.75, 3.05) is 36.5 Å². The summed E-state index contributed by atoms with van der Waals surface area (Å²) in [5.74, 6) is 0.230. The summed E-state index contributed by atoms with van der Waals surface area (Å²) in [6, 6.07) is 23.9. The van der Waals surface area contributed by atoms with E-state index in [0.29, 0.717) is 36.8 Å². The molecular weight excluding hydrogens is 440 g/mol. The monoisotopic (exact) mass is 470 g/mol. The first-order valence-corrected chi connectivity index (χ1v) is 11.9. The van der Waals surface area contributed by atoms with E-state index in [1.165, 1.54) is 0 Å². The largest absolute Gasteiger partial charge is 0.461 e. The number of fused-ring (bicyclic) bond motifs is 1. The summed E-state index contributed by atoms with van der Waals surface area (Å²) in [7, 11) is 0. The van der Waals surface area contributed by atoms with Crippen LogP contribution in [-0.4, -0.2) is 49.0 Å². The Balaban J connectivity index is 1.49. The first-order chi connectivity index (χ1) is 17.1. The third kappa shape index (κ3) is 5.94. The molecule has 180 valence electrons. The normalized spacial score (nSPS) is 13.7. The summed E-state index contributed by atoms with van der Waals surface area (Å²) in [4.78, 5) is 33.7. The van der Waals surface area contributed by atoms with Gasteiger partial charge in [0.25, 0.3) is 0 Å². The van der Waals surface area contributed by atoms with Gasteiger partial charge in [-0.3, -0.25) is 0 Å². The molecule has 0 aliphatic carbocycles. The van der Waals surface area contributed by atoms with Crippen molar-refractivity contribution >= 4 is 29.2 Å². The Bertz CT molecular complexity index is 1190. The summed E-state index contributed by atoms with van der Waals surface area (Å²) < 4.78 is 5.44. The molecule has 1 aliphatic rings. The van der Waals surface area contributed by atoms with Crippen LogP contribution in [0.15, 0.2) is 83.9 Å². The predicted octanol–water partition coefficient (Wildman–Crippen LogP) is 5.18. The number of benzene rings is 3. The molecule has 0 spiro atoms. The highest BCUT2D eigenvalue weighted by Crippen LogP contribution is 2.29. The Morgan fingerprint density at radius 1 is 0.943 bits per heavy atom. The highest BCUT2D eigenvalue weighted by atomic mass is 16.5. The molecule has 1 N–H and O–H groups in total. The fraction of sp³-hybridized carbons (Fsp3) is 0.250. The van der Waals surface area contributed by atoms with Crippen LogP contribution < -0.4 is 10.2 Å². The van der Waals surface area contributed by atoms with Gasteiger partial charge in [-0.1, -0.05) is 56.3 Å². The zero-order valence-corrected chi connectivity index (χ0v) is 20.1. The van der Waals surface area contributed by atoms with E-state index in [4.69, 9.17) is 4.74 Å². The summed E-state index contributed by atoms with van der Waals surface area (Å²) in [6.07, 6.45) is 0. The van der Waals surface area contributed by atoms with Gasteiger partial charge in [-0.25, -0.2) is 9.59 Å². The maximum atomic E-state index is 12.7. The highest BCUT2D eigenvalue weighted by Gasteiger charge is 2.27. The number of carbonyl (C=O) groups excluding carboxylic acids is 2. The number of likely N-dealkylation sites (N-methyl/N-ethyl adjacent to an activating group) is 1. The van der Waals surface area contributed by atoms with Crippen LogP contribution in [0, 0.1) is 0 Å². The molecule has 2 amide bonds. The predicted molar refractivity (Wildman–Crippen MR) is 139 cm³/mol. The summed E-state index contributed by atoms with van der Waals surface area (Å²) in [5.41, 5.74) is 4.01. The second-order valence-electron chi connectivity index (χ2n) is 8.18. The molecule has 0 aromatic heterocycles. The van der Waals surface area contributed by atoms with Crippen LogP contribution in [0.5, 0.6) is 0 Å². The van der Waals surface area contributed by atoms with Crippen LogP contribution in [0.2, 0.25) is 0 Å². The standard InChI is InChI=1S/C28H30N4O3/c1-3-31(4-2)18-19-35-27(33)21-14-16-24(17-15-21)32-20-22-10-8-9-13-25(22)26(32)30-28(34)29-23-11-6-5-7-12-23/h5-17H,3-4,18-20H2,1-2H3,(H,29,34). The average molecular weight is 471 g/mol. The van der Waals surface area contributed by atoms with Crippen LogP contribution in [-0.2, 0) is 11.3 Å². The smallest absolute Gasteiger partial charge is 0.347 e. The van der Waals surface area contributed by atoms with Crippen LogP contribution in [0.1, 0.15) is 35.3 Å². The minimum Gasteiger partial charge on any atom is -0.461 e. The third-order valence-electron chi connectivity index (χ3n) is 6.02.